The zero-order chi connectivity index (χ0) is 17.7. The maximum Gasteiger partial charge on any atom is 0.302 e. The number of esters is 1. The molecule has 0 saturated heterocycles. The molecular formula is C16H18ClN3O4. The van der Waals surface area contributed by atoms with Crippen LogP contribution in [0, 0.1) is 5.41 Å². The highest BCUT2D eigenvalue weighted by Gasteiger charge is 2.38. The van der Waals surface area contributed by atoms with Crippen molar-refractivity contribution < 1.29 is 19.1 Å². The van der Waals surface area contributed by atoms with Gasteiger partial charge in [-0.1, -0.05) is 11.6 Å². The fourth-order valence-corrected chi connectivity index (χ4v) is 2.02. The van der Waals surface area contributed by atoms with Crippen molar-refractivity contribution in [1.29, 1.82) is 0 Å². The van der Waals surface area contributed by atoms with E-state index in [0.717, 1.165) is 0 Å². The zero-order valence-electron chi connectivity index (χ0n) is 13.6. The standard InChI is InChI=1S/C16H18ClN3O4/c1-11(21)23-8-16(2,3)14(22)15(20-10-18-9-19-20)24-13-6-4-12(17)5-7-13/h4-7,9-10,15H,8H2,1-3H3. The molecule has 1 heterocycles. The Hall–Kier alpha value is -2.41. The molecule has 7 nitrogen and oxygen atoms in total. The first-order valence-corrected chi connectivity index (χ1v) is 7.61. The van der Waals surface area contributed by atoms with E-state index in [2.05, 4.69) is 10.1 Å². The zero-order valence-corrected chi connectivity index (χ0v) is 14.4. The van der Waals surface area contributed by atoms with Crippen LogP contribution in [0.15, 0.2) is 36.9 Å². The van der Waals surface area contributed by atoms with Crippen LogP contribution in [0.25, 0.3) is 0 Å². The second-order valence-corrected chi connectivity index (χ2v) is 6.26. The average molecular weight is 352 g/mol. The van der Waals surface area contributed by atoms with E-state index in [4.69, 9.17) is 21.1 Å². The summed E-state index contributed by atoms with van der Waals surface area (Å²) in [7, 11) is 0. The van der Waals surface area contributed by atoms with Crippen LogP contribution in [0.2, 0.25) is 5.02 Å². The van der Waals surface area contributed by atoms with E-state index in [1.165, 1.54) is 24.3 Å². The van der Waals surface area contributed by atoms with Crippen molar-refractivity contribution >= 4 is 23.4 Å². The number of hydrogen-bond acceptors (Lipinski definition) is 6. The molecule has 0 spiro atoms. The van der Waals surface area contributed by atoms with Crippen LogP contribution in [0.1, 0.15) is 27.0 Å². The molecule has 24 heavy (non-hydrogen) atoms. The molecule has 0 N–H and O–H groups in total. The number of carbonyl (C=O) groups excluding carboxylic acids is 2. The van der Waals surface area contributed by atoms with Crippen molar-refractivity contribution in [3.8, 4) is 5.75 Å². The number of aromatic nitrogens is 3. The summed E-state index contributed by atoms with van der Waals surface area (Å²) in [6.45, 7) is 4.58. The smallest absolute Gasteiger partial charge is 0.302 e. The van der Waals surface area contributed by atoms with Gasteiger partial charge in [0.1, 0.15) is 25.0 Å². The molecule has 0 bridgehead atoms. The monoisotopic (exact) mass is 351 g/mol. The van der Waals surface area contributed by atoms with E-state index in [0.29, 0.717) is 10.8 Å². The highest BCUT2D eigenvalue weighted by atomic mass is 35.5. The predicted octanol–water partition coefficient (Wildman–Crippen LogP) is 2.67. The Morgan fingerprint density at radius 2 is 1.96 bits per heavy atom. The summed E-state index contributed by atoms with van der Waals surface area (Å²) in [6, 6.07) is 6.62. The number of carbonyl (C=O) groups is 2. The molecule has 1 unspecified atom stereocenters. The van der Waals surface area contributed by atoms with E-state index < -0.39 is 17.6 Å². The highest BCUT2D eigenvalue weighted by Crippen LogP contribution is 2.27. The van der Waals surface area contributed by atoms with E-state index in [-0.39, 0.29) is 12.4 Å². The summed E-state index contributed by atoms with van der Waals surface area (Å²) in [5, 5.41) is 4.54. The Morgan fingerprint density at radius 3 is 2.50 bits per heavy atom. The summed E-state index contributed by atoms with van der Waals surface area (Å²) >= 11 is 5.86. The third-order valence-corrected chi connectivity index (χ3v) is 3.52. The first kappa shape index (κ1) is 17.9. The van der Waals surface area contributed by atoms with Crippen molar-refractivity contribution in [2.24, 2.45) is 5.41 Å². The molecule has 1 aromatic carbocycles. The van der Waals surface area contributed by atoms with Crippen molar-refractivity contribution in [1.82, 2.24) is 14.8 Å². The number of halogens is 1. The minimum atomic E-state index is -1.04. The Morgan fingerprint density at radius 1 is 1.29 bits per heavy atom. The van der Waals surface area contributed by atoms with Crippen molar-refractivity contribution in [3.63, 3.8) is 0 Å². The van der Waals surface area contributed by atoms with E-state index >= 15 is 0 Å². The molecular weight excluding hydrogens is 334 g/mol. The van der Waals surface area contributed by atoms with Gasteiger partial charge in [0.2, 0.25) is 5.78 Å². The summed E-state index contributed by atoms with van der Waals surface area (Å²) in [4.78, 5) is 27.8. The van der Waals surface area contributed by atoms with Crippen LogP contribution in [0.3, 0.4) is 0 Å². The number of Topliss-reactive ketones (excluding diaryl/α,β-unsaturated/α-hetero) is 1. The van der Waals surface area contributed by atoms with Gasteiger partial charge in [-0.3, -0.25) is 9.59 Å². The third-order valence-electron chi connectivity index (χ3n) is 3.27. The fourth-order valence-electron chi connectivity index (χ4n) is 1.90. The molecule has 0 aliphatic rings. The van der Waals surface area contributed by atoms with Gasteiger partial charge in [0.15, 0.2) is 0 Å². The van der Waals surface area contributed by atoms with Gasteiger partial charge in [0, 0.05) is 11.9 Å². The number of rotatable bonds is 7. The minimum absolute atomic E-state index is 0.0592. The normalized spacial score (nSPS) is 12.5. The van der Waals surface area contributed by atoms with Crippen LogP contribution in [-0.2, 0) is 14.3 Å². The fraction of sp³-hybridized carbons (Fsp3) is 0.375. The molecule has 2 aromatic rings. The lowest BCUT2D eigenvalue weighted by atomic mass is 9.88. The molecule has 0 saturated carbocycles. The topological polar surface area (TPSA) is 83.3 Å². The van der Waals surface area contributed by atoms with Crippen LogP contribution in [-0.4, -0.2) is 33.1 Å². The first-order valence-electron chi connectivity index (χ1n) is 7.23. The Kier molecular flexibility index (Phi) is 5.56. The molecule has 8 heteroatoms. The summed E-state index contributed by atoms with van der Waals surface area (Å²) in [6.07, 6.45) is 1.66. The van der Waals surface area contributed by atoms with Gasteiger partial charge in [-0.05, 0) is 38.1 Å². The SMILES string of the molecule is CC(=O)OCC(C)(C)C(=O)C(Oc1ccc(Cl)cc1)n1cncn1. The van der Waals surface area contributed by atoms with E-state index in [1.54, 1.807) is 38.1 Å². The molecule has 2 rings (SSSR count). The highest BCUT2D eigenvalue weighted by molar-refractivity contribution is 6.30. The first-order chi connectivity index (χ1) is 11.3. The predicted molar refractivity (Wildman–Crippen MR) is 86.6 cm³/mol. The molecule has 128 valence electrons. The van der Waals surface area contributed by atoms with Gasteiger partial charge in [-0.15, -0.1) is 0 Å². The number of nitrogens with zero attached hydrogens (tertiary/aromatic N) is 3. The summed E-state index contributed by atoms with van der Waals surface area (Å²) < 4.78 is 12.1. The molecule has 1 atom stereocenters. The Balaban J connectivity index is 2.24. The second-order valence-electron chi connectivity index (χ2n) is 5.83. The number of hydrogen-bond donors (Lipinski definition) is 0. The van der Waals surface area contributed by atoms with Gasteiger partial charge >= 0.3 is 5.97 Å². The quantitative estimate of drug-likeness (QED) is 0.713. The molecule has 0 radical (unpaired) electrons. The maximum atomic E-state index is 12.9. The van der Waals surface area contributed by atoms with Gasteiger partial charge in [-0.25, -0.2) is 9.67 Å². The minimum Gasteiger partial charge on any atom is -0.465 e. The average Bonchev–Trinajstić information content (AvgIpc) is 3.06. The van der Waals surface area contributed by atoms with Crippen LogP contribution in [0.4, 0.5) is 0 Å². The van der Waals surface area contributed by atoms with Gasteiger partial charge in [-0.2, -0.15) is 5.10 Å². The van der Waals surface area contributed by atoms with E-state index in [1.807, 2.05) is 0 Å². The number of benzene rings is 1. The van der Waals surface area contributed by atoms with E-state index in [9.17, 15) is 9.59 Å². The lowest BCUT2D eigenvalue weighted by Crippen LogP contribution is -2.39. The van der Waals surface area contributed by atoms with Crippen molar-refractivity contribution in [2.75, 3.05) is 6.61 Å². The summed E-state index contributed by atoms with van der Waals surface area (Å²) in [5.74, 6) is -0.299. The maximum absolute atomic E-state index is 12.9. The molecule has 0 fully saturated rings. The Labute approximate surface area is 144 Å². The van der Waals surface area contributed by atoms with Crippen molar-refractivity contribution in [3.05, 3.63) is 41.9 Å². The number of ketones is 1. The molecule has 0 aliphatic heterocycles. The molecule has 0 aliphatic carbocycles. The number of ether oxygens (including phenoxy) is 2. The lowest BCUT2D eigenvalue weighted by molar-refractivity contribution is -0.151. The van der Waals surface area contributed by atoms with Crippen LogP contribution in [0.5, 0.6) is 5.75 Å². The third kappa shape index (κ3) is 4.55. The van der Waals surface area contributed by atoms with Crippen molar-refractivity contribution in [2.45, 2.75) is 27.0 Å². The second kappa shape index (κ2) is 7.44. The largest absolute Gasteiger partial charge is 0.465 e. The Bertz CT molecular complexity index is 699. The van der Waals surface area contributed by atoms with Gasteiger partial charge < -0.3 is 9.47 Å². The molecule has 1 aromatic heterocycles. The lowest BCUT2D eigenvalue weighted by Gasteiger charge is -2.27. The van der Waals surface area contributed by atoms with Crippen LogP contribution < -0.4 is 4.74 Å². The summed E-state index contributed by atoms with van der Waals surface area (Å²) in [5.41, 5.74) is -0.964. The van der Waals surface area contributed by atoms with Gasteiger partial charge in [0.05, 0.1) is 5.41 Å². The van der Waals surface area contributed by atoms with Crippen LogP contribution >= 0.6 is 11.6 Å². The van der Waals surface area contributed by atoms with Gasteiger partial charge in [0.25, 0.3) is 6.23 Å². The molecule has 0 amide bonds.